The second-order valence-corrected chi connectivity index (χ2v) is 3.80. The van der Waals surface area contributed by atoms with Crippen molar-refractivity contribution in [1.82, 2.24) is 0 Å². The molecular weight excluding hydrogens is 190 g/mol. The molecule has 0 radical (unpaired) electrons. The Hall–Kier alpha value is -1.64. The summed E-state index contributed by atoms with van der Waals surface area (Å²) >= 11 is 0. The van der Waals surface area contributed by atoms with Gasteiger partial charge in [-0.2, -0.15) is 0 Å². The van der Waals surface area contributed by atoms with Gasteiger partial charge in [0.25, 0.3) is 5.69 Å². The molecule has 0 aliphatic heterocycles. The molecular formula is C12H13NO2. The lowest BCUT2D eigenvalue weighted by molar-refractivity contribution is -0.385. The highest BCUT2D eigenvalue weighted by atomic mass is 16.6. The van der Waals surface area contributed by atoms with E-state index in [1.54, 1.807) is 12.1 Å². The van der Waals surface area contributed by atoms with Gasteiger partial charge in [0.2, 0.25) is 0 Å². The van der Waals surface area contributed by atoms with E-state index in [1.807, 2.05) is 12.1 Å². The third-order valence-electron chi connectivity index (χ3n) is 2.84. The van der Waals surface area contributed by atoms with Gasteiger partial charge in [0.05, 0.1) is 4.92 Å². The van der Waals surface area contributed by atoms with Gasteiger partial charge in [-0.1, -0.05) is 30.4 Å². The Morgan fingerprint density at radius 2 is 2.07 bits per heavy atom. The molecule has 0 fully saturated rings. The number of rotatable bonds is 2. The number of para-hydroxylation sites is 1. The van der Waals surface area contributed by atoms with E-state index < -0.39 is 0 Å². The summed E-state index contributed by atoms with van der Waals surface area (Å²) in [6.07, 6.45) is 7.22. The normalized spacial score (nSPS) is 20.1. The van der Waals surface area contributed by atoms with Gasteiger partial charge >= 0.3 is 0 Å². The van der Waals surface area contributed by atoms with Crippen molar-refractivity contribution >= 4 is 5.69 Å². The highest BCUT2D eigenvalue weighted by molar-refractivity contribution is 5.42. The molecule has 0 heterocycles. The monoisotopic (exact) mass is 203 g/mol. The molecule has 3 heteroatoms. The molecule has 3 nitrogen and oxygen atoms in total. The Balaban J connectivity index is 2.34. The lowest BCUT2D eigenvalue weighted by Gasteiger charge is -2.17. The Labute approximate surface area is 88.6 Å². The van der Waals surface area contributed by atoms with E-state index in [2.05, 4.69) is 12.2 Å². The van der Waals surface area contributed by atoms with Crippen LogP contribution in [0.1, 0.15) is 30.7 Å². The van der Waals surface area contributed by atoms with E-state index >= 15 is 0 Å². The number of benzene rings is 1. The van der Waals surface area contributed by atoms with E-state index in [9.17, 15) is 10.1 Å². The van der Waals surface area contributed by atoms with Crippen molar-refractivity contribution in [2.24, 2.45) is 0 Å². The maximum atomic E-state index is 10.9. The van der Waals surface area contributed by atoms with Crippen LogP contribution in [-0.4, -0.2) is 4.92 Å². The fraction of sp³-hybridized carbons (Fsp3) is 0.333. The second kappa shape index (κ2) is 4.26. The lowest BCUT2D eigenvalue weighted by Crippen LogP contribution is -2.04. The van der Waals surface area contributed by atoms with Crippen LogP contribution in [0.2, 0.25) is 0 Å². The molecule has 1 aliphatic rings. The third kappa shape index (κ3) is 2.06. The first-order valence-corrected chi connectivity index (χ1v) is 5.17. The van der Waals surface area contributed by atoms with Crippen LogP contribution in [0, 0.1) is 10.1 Å². The Morgan fingerprint density at radius 1 is 1.27 bits per heavy atom. The first-order valence-electron chi connectivity index (χ1n) is 5.17. The van der Waals surface area contributed by atoms with Crippen LogP contribution in [0.15, 0.2) is 36.4 Å². The van der Waals surface area contributed by atoms with Crippen molar-refractivity contribution in [1.29, 1.82) is 0 Å². The number of nitrogens with zero attached hydrogens (tertiary/aromatic N) is 1. The molecule has 0 N–H and O–H groups in total. The molecule has 0 amide bonds. The second-order valence-electron chi connectivity index (χ2n) is 3.80. The van der Waals surface area contributed by atoms with Crippen molar-refractivity contribution in [3.63, 3.8) is 0 Å². The van der Waals surface area contributed by atoms with Crippen molar-refractivity contribution in [2.45, 2.75) is 25.2 Å². The van der Waals surface area contributed by atoms with Gasteiger partial charge in [0.1, 0.15) is 0 Å². The van der Waals surface area contributed by atoms with Crippen LogP contribution in [-0.2, 0) is 0 Å². The number of hydrogen-bond donors (Lipinski definition) is 0. The summed E-state index contributed by atoms with van der Waals surface area (Å²) in [5, 5.41) is 10.9. The molecule has 1 aromatic carbocycles. The smallest absolute Gasteiger partial charge is 0.258 e. The summed E-state index contributed by atoms with van der Waals surface area (Å²) < 4.78 is 0. The Morgan fingerprint density at radius 3 is 2.73 bits per heavy atom. The van der Waals surface area contributed by atoms with Gasteiger partial charge in [-0.05, 0) is 25.2 Å². The molecule has 0 spiro atoms. The van der Waals surface area contributed by atoms with Gasteiger partial charge < -0.3 is 0 Å². The summed E-state index contributed by atoms with van der Waals surface area (Å²) in [7, 11) is 0. The minimum Gasteiger partial charge on any atom is -0.258 e. The fourth-order valence-electron chi connectivity index (χ4n) is 2.08. The first-order chi connectivity index (χ1) is 7.29. The Kier molecular flexibility index (Phi) is 2.81. The lowest BCUT2D eigenvalue weighted by atomic mass is 9.87. The van der Waals surface area contributed by atoms with E-state index in [0.29, 0.717) is 5.92 Å². The molecule has 0 aromatic heterocycles. The van der Waals surface area contributed by atoms with Gasteiger partial charge in [0, 0.05) is 11.6 Å². The van der Waals surface area contributed by atoms with Gasteiger partial charge in [-0.15, -0.1) is 0 Å². The average Bonchev–Trinajstić information content (AvgIpc) is 2.30. The zero-order valence-corrected chi connectivity index (χ0v) is 8.43. The third-order valence-corrected chi connectivity index (χ3v) is 2.84. The maximum Gasteiger partial charge on any atom is 0.272 e. The zero-order valence-electron chi connectivity index (χ0n) is 8.43. The molecule has 1 aromatic rings. The van der Waals surface area contributed by atoms with Crippen molar-refractivity contribution in [3.8, 4) is 0 Å². The van der Waals surface area contributed by atoms with Crippen LogP contribution >= 0.6 is 0 Å². The fourth-order valence-corrected chi connectivity index (χ4v) is 2.08. The molecule has 15 heavy (non-hydrogen) atoms. The highest BCUT2D eigenvalue weighted by Gasteiger charge is 2.21. The van der Waals surface area contributed by atoms with Crippen LogP contribution in [0.4, 0.5) is 5.69 Å². The number of nitro benzene ring substituents is 1. The number of allylic oxidation sites excluding steroid dienone is 2. The molecule has 1 aliphatic carbocycles. The van der Waals surface area contributed by atoms with Crippen LogP contribution in [0.3, 0.4) is 0 Å². The van der Waals surface area contributed by atoms with Crippen molar-refractivity contribution in [2.75, 3.05) is 0 Å². The van der Waals surface area contributed by atoms with E-state index in [4.69, 9.17) is 0 Å². The molecule has 2 rings (SSSR count). The summed E-state index contributed by atoms with van der Waals surface area (Å²) in [5.41, 5.74) is 1.14. The summed E-state index contributed by atoms with van der Waals surface area (Å²) in [4.78, 5) is 10.6. The largest absolute Gasteiger partial charge is 0.272 e. The van der Waals surface area contributed by atoms with Crippen LogP contribution in [0.5, 0.6) is 0 Å². The zero-order chi connectivity index (χ0) is 10.7. The number of hydrogen-bond acceptors (Lipinski definition) is 2. The van der Waals surface area contributed by atoms with Crippen molar-refractivity contribution in [3.05, 3.63) is 52.1 Å². The van der Waals surface area contributed by atoms with Crippen LogP contribution < -0.4 is 0 Å². The topological polar surface area (TPSA) is 43.1 Å². The summed E-state index contributed by atoms with van der Waals surface area (Å²) in [6, 6.07) is 7.07. The minimum absolute atomic E-state index is 0.262. The van der Waals surface area contributed by atoms with Gasteiger partial charge in [0.15, 0.2) is 0 Å². The van der Waals surface area contributed by atoms with Gasteiger partial charge in [-0.25, -0.2) is 0 Å². The first kappa shape index (κ1) is 9.90. The summed E-state index contributed by atoms with van der Waals surface area (Å²) in [6.45, 7) is 0. The van der Waals surface area contributed by atoms with E-state index in [1.165, 1.54) is 0 Å². The predicted octanol–water partition coefficient (Wildman–Crippen LogP) is 3.42. The highest BCUT2D eigenvalue weighted by Crippen LogP contribution is 2.34. The minimum atomic E-state index is -0.284. The molecule has 1 unspecified atom stereocenters. The molecule has 0 saturated heterocycles. The van der Waals surface area contributed by atoms with Crippen LogP contribution in [0.25, 0.3) is 0 Å². The Bertz CT molecular complexity index is 398. The molecule has 1 atom stereocenters. The quantitative estimate of drug-likeness (QED) is 0.420. The molecule has 78 valence electrons. The SMILES string of the molecule is O=[N+]([O-])c1ccccc1C1CC=CCC1. The van der Waals surface area contributed by atoms with Gasteiger partial charge in [-0.3, -0.25) is 10.1 Å². The van der Waals surface area contributed by atoms with Crippen molar-refractivity contribution < 1.29 is 4.92 Å². The number of nitro groups is 1. The summed E-state index contributed by atoms with van der Waals surface area (Å²) in [5.74, 6) is 0.316. The van der Waals surface area contributed by atoms with E-state index in [-0.39, 0.29) is 10.6 Å². The molecule has 0 saturated carbocycles. The predicted molar refractivity (Wildman–Crippen MR) is 58.8 cm³/mol. The van der Waals surface area contributed by atoms with E-state index in [0.717, 1.165) is 24.8 Å². The average molecular weight is 203 g/mol. The standard InChI is InChI=1S/C12H13NO2/c14-13(15)12-9-5-4-8-11(12)10-6-2-1-3-7-10/h1-2,4-5,8-10H,3,6-7H2. The maximum absolute atomic E-state index is 10.9. The molecule has 0 bridgehead atoms.